The van der Waals surface area contributed by atoms with Gasteiger partial charge in [0.15, 0.2) is 5.78 Å². The minimum Gasteiger partial charge on any atom is -0.295 e. The van der Waals surface area contributed by atoms with Crippen LogP contribution >= 0.6 is 0 Å². The first-order valence-corrected chi connectivity index (χ1v) is 9.50. The second-order valence-corrected chi connectivity index (χ2v) is 7.65. The van der Waals surface area contributed by atoms with Crippen molar-refractivity contribution in [2.45, 2.75) is 18.4 Å². The molecule has 5 nitrogen and oxygen atoms in total. The third-order valence-electron chi connectivity index (χ3n) is 3.94. The van der Waals surface area contributed by atoms with Gasteiger partial charge in [0.05, 0.1) is 17.1 Å². The van der Waals surface area contributed by atoms with Gasteiger partial charge in [-0.05, 0) is 42.8 Å². The maximum Gasteiger partial charge on any atom is 0.264 e. The lowest BCUT2D eigenvalue weighted by molar-refractivity contribution is 0.101. The Morgan fingerprint density at radius 3 is 2.23 bits per heavy atom. The molecule has 3 aromatic rings. The standard InChI is InChI=1S/C20H18N2O3S/c1-16(23)18-9-11-20(12-10-18)26(24,25)22(19-7-3-2-4-8-19)15-17-6-5-13-21-14-17/h2-14H,15H2,1H3. The highest BCUT2D eigenvalue weighted by Gasteiger charge is 2.25. The van der Waals surface area contributed by atoms with E-state index >= 15 is 0 Å². The summed E-state index contributed by atoms with van der Waals surface area (Å²) >= 11 is 0. The molecule has 0 aliphatic rings. The van der Waals surface area contributed by atoms with Gasteiger partial charge >= 0.3 is 0 Å². The van der Waals surface area contributed by atoms with E-state index in [4.69, 9.17) is 0 Å². The first-order valence-electron chi connectivity index (χ1n) is 8.06. The fraction of sp³-hybridized carbons (Fsp3) is 0.100. The second kappa shape index (κ2) is 7.49. The van der Waals surface area contributed by atoms with Gasteiger partial charge in [0.1, 0.15) is 0 Å². The van der Waals surface area contributed by atoms with Crippen molar-refractivity contribution in [3.63, 3.8) is 0 Å². The number of carbonyl (C=O) groups is 1. The van der Waals surface area contributed by atoms with Gasteiger partial charge in [-0.3, -0.25) is 14.1 Å². The molecule has 0 unspecified atom stereocenters. The zero-order chi connectivity index (χ0) is 18.6. The number of aromatic nitrogens is 1. The fourth-order valence-electron chi connectivity index (χ4n) is 2.56. The number of Topliss-reactive ketones (excluding diaryl/α,β-unsaturated/α-hetero) is 1. The number of rotatable bonds is 6. The number of benzene rings is 2. The number of nitrogens with zero attached hydrogens (tertiary/aromatic N) is 2. The van der Waals surface area contributed by atoms with Crippen LogP contribution in [0.4, 0.5) is 5.69 Å². The first kappa shape index (κ1) is 17.8. The number of sulfonamides is 1. The van der Waals surface area contributed by atoms with E-state index in [0.29, 0.717) is 11.3 Å². The van der Waals surface area contributed by atoms with Gasteiger partial charge in [0.2, 0.25) is 0 Å². The van der Waals surface area contributed by atoms with Crippen molar-refractivity contribution in [2.75, 3.05) is 4.31 Å². The summed E-state index contributed by atoms with van der Waals surface area (Å²) < 4.78 is 27.8. The Hall–Kier alpha value is -2.99. The Morgan fingerprint density at radius 1 is 0.962 bits per heavy atom. The molecule has 0 aliphatic carbocycles. The van der Waals surface area contributed by atoms with Gasteiger partial charge < -0.3 is 0 Å². The number of ketones is 1. The van der Waals surface area contributed by atoms with Crippen LogP contribution in [0.2, 0.25) is 0 Å². The molecule has 0 radical (unpaired) electrons. The van der Waals surface area contributed by atoms with Gasteiger partial charge in [-0.1, -0.05) is 36.4 Å². The lowest BCUT2D eigenvalue weighted by atomic mass is 10.2. The zero-order valence-corrected chi connectivity index (χ0v) is 15.1. The number of para-hydroxylation sites is 1. The van der Waals surface area contributed by atoms with Crippen LogP contribution in [0.3, 0.4) is 0 Å². The monoisotopic (exact) mass is 366 g/mol. The summed E-state index contributed by atoms with van der Waals surface area (Å²) in [6.45, 7) is 1.61. The third-order valence-corrected chi connectivity index (χ3v) is 5.73. The lowest BCUT2D eigenvalue weighted by Gasteiger charge is -2.24. The summed E-state index contributed by atoms with van der Waals surface area (Å²) in [5, 5.41) is 0. The van der Waals surface area contributed by atoms with E-state index < -0.39 is 10.0 Å². The summed E-state index contributed by atoms with van der Waals surface area (Å²) in [7, 11) is -3.80. The van der Waals surface area contributed by atoms with Crippen LogP contribution in [0.1, 0.15) is 22.8 Å². The second-order valence-electron chi connectivity index (χ2n) is 5.79. The number of hydrogen-bond donors (Lipinski definition) is 0. The smallest absolute Gasteiger partial charge is 0.264 e. The summed E-state index contributed by atoms with van der Waals surface area (Å²) in [4.78, 5) is 15.6. The van der Waals surface area contributed by atoms with Crippen LogP contribution in [0.5, 0.6) is 0 Å². The van der Waals surface area contributed by atoms with E-state index in [0.717, 1.165) is 5.56 Å². The van der Waals surface area contributed by atoms with E-state index in [1.54, 1.807) is 42.7 Å². The zero-order valence-electron chi connectivity index (χ0n) is 14.2. The van der Waals surface area contributed by atoms with Crippen molar-refractivity contribution in [2.24, 2.45) is 0 Å². The molecule has 3 rings (SSSR count). The minimum absolute atomic E-state index is 0.107. The van der Waals surface area contributed by atoms with Crippen molar-refractivity contribution >= 4 is 21.5 Å². The molecule has 0 fully saturated rings. The maximum atomic E-state index is 13.2. The molecule has 2 aromatic carbocycles. The predicted octanol–water partition coefficient (Wildman–Crippen LogP) is 3.68. The molecule has 1 heterocycles. The molecule has 0 saturated heterocycles. The van der Waals surface area contributed by atoms with Crippen LogP contribution < -0.4 is 4.31 Å². The van der Waals surface area contributed by atoms with Crippen molar-refractivity contribution in [3.05, 3.63) is 90.3 Å². The highest BCUT2D eigenvalue weighted by Crippen LogP contribution is 2.26. The molecule has 0 spiro atoms. The maximum absolute atomic E-state index is 13.2. The summed E-state index contributed by atoms with van der Waals surface area (Å²) in [6.07, 6.45) is 3.29. The van der Waals surface area contributed by atoms with Crippen LogP contribution in [-0.4, -0.2) is 19.2 Å². The Bertz CT molecular complexity index is 986. The third kappa shape index (κ3) is 3.81. The number of hydrogen-bond acceptors (Lipinski definition) is 4. The molecule has 0 saturated carbocycles. The SMILES string of the molecule is CC(=O)c1ccc(S(=O)(=O)N(Cc2cccnc2)c2ccccc2)cc1. The van der Waals surface area contributed by atoms with Gasteiger partial charge in [-0.2, -0.15) is 0 Å². The average Bonchev–Trinajstić information content (AvgIpc) is 2.67. The molecular weight excluding hydrogens is 348 g/mol. The fourth-order valence-corrected chi connectivity index (χ4v) is 4.01. The molecule has 0 bridgehead atoms. The first-order chi connectivity index (χ1) is 12.5. The molecule has 0 amide bonds. The predicted molar refractivity (Wildman–Crippen MR) is 100 cm³/mol. The Labute approximate surface area is 153 Å². The summed E-state index contributed by atoms with van der Waals surface area (Å²) in [6, 6.07) is 18.5. The van der Waals surface area contributed by atoms with E-state index in [2.05, 4.69) is 4.98 Å². The highest BCUT2D eigenvalue weighted by molar-refractivity contribution is 7.92. The van der Waals surface area contributed by atoms with Gasteiger partial charge in [-0.15, -0.1) is 0 Å². The van der Waals surface area contributed by atoms with Crippen molar-refractivity contribution in [1.82, 2.24) is 4.98 Å². The topological polar surface area (TPSA) is 67.3 Å². The minimum atomic E-state index is -3.80. The largest absolute Gasteiger partial charge is 0.295 e. The highest BCUT2D eigenvalue weighted by atomic mass is 32.2. The van der Waals surface area contributed by atoms with E-state index in [1.165, 1.54) is 35.5 Å². The Balaban J connectivity index is 2.03. The number of anilines is 1. The molecular formula is C20H18N2O3S. The van der Waals surface area contributed by atoms with Crippen molar-refractivity contribution < 1.29 is 13.2 Å². The summed E-state index contributed by atoms with van der Waals surface area (Å²) in [5.41, 5.74) is 1.81. The van der Waals surface area contributed by atoms with Crippen molar-refractivity contribution in [1.29, 1.82) is 0 Å². The molecule has 132 valence electrons. The molecule has 26 heavy (non-hydrogen) atoms. The van der Waals surface area contributed by atoms with Crippen molar-refractivity contribution in [3.8, 4) is 0 Å². The van der Waals surface area contributed by atoms with Gasteiger partial charge in [0, 0.05) is 18.0 Å². The normalized spacial score (nSPS) is 11.1. The van der Waals surface area contributed by atoms with Crippen LogP contribution in [-0.2, 0) is 16.6 Å². The average molecular weight is 366 g/mol. The Morgan fingerprint density at radius 2 is 1.65 bits per heavy atom. The summed E-state index contributed by atoms with van der Waals surface area (Å²) in [5.74, 6) is -0.107. The van der Waals surface area contributed by atoms with E-state index in [1.807, 2.05) is 12.1 Å². The lowest BCUT2D eigenvalue weighted by Crippen LogP contribution is -2.30. The van der Waals surface area contributed by atoms with E-state index in [9.17, 15) is 13.2 Å². The van der Waals surface area contributed by atoms with Crippen LogP contribution in [0.15, 0.2) is 84.0 Å². The van der Waals surface area contributed by atoms with Crippen LogP contribution in [0.25, 0.3) is 0 Å². The molecule has 0 N–H and O–H groups in total. The number of pyridine rings is 1. The molecule has 6 heteroatoms. The Kier molecular flexibility index (Phi) is 5.14. The van der Waals surface area contributed by atoms with Gasteiger partial charge in [0.25, 0.3) is 10.0 Å². The molecule has 0 aliphatic heterocycles. The van der Waals surface area contributed by atoms with E-state index in [-0.39, 0.29) is 17.2 Å². The molecule has 0 atom stereocenters. The quantitative estimate of drug-likeness (QED) is 0.624. The van der Waals surface area contributed by atoms with Crippen LogP contribution in [0, 0.1) is 0 Å². The van der Waals surface area contributed by atoms with Gasteiger partial charge in [-0.25, -0.2) is 8.42 Å². The number of carbonyl (C=O) groups excluding carboxylic acids is 1. The molecule has 1 aromatic heterocycles.